The summed E-state index contributed by atoms with van der Waals surface area (Å²) in [4.78, 5) is 27.8. The van der Waals surface area contributed by atoms with Gasteiger partial charge in [0.05, 0.1) is 24.5 Å². The molecular weight excluding hydrogens is 392 g/mol. The first-order valence-corrected chi connectivity index (χ1v) is 10.8. The molecule has 1 aliphatic rings. The van der Waals surface area contributed by atoms with Crippen molar-refractivity contribution in [3.8, 4) is 11.5 Å². The number of rotatable bonds is 10. The SMILES string of the molecule is CCCOc1ccc(C2=C(Nc3ccccc3OCC)C(=O)N(CC(C)C)C2=O)cc1. The molecule has 6 heteroatoms. The number of imide groups is 1. The molecule has 0 aromatic heterocycles. The number of ether oxygens (including phenoxy) is 2. The van der Waals surface area contributed by atoms with Crippen LogP contribution in [0.15, 0.2) is 54.2 Å². The highest BCUT2D eigenvalue weighted by Gasteiger charge is 2.39. The van der Waals surface area contributed by atoms with Crippen LogP contribution >= 0.6 is 0 Å². The van der Waals surface area contributed by atoms with Crippen molar-refractivity contribution < 1.29 is 19.1 Å². The van der Waals surface area contributed by atoms with Gasteiger partial charge in [0.15, 0.2) is 0 Å². The number of anilines is 1. The summed E-state index contributed by atoms with van der Waals surface area (Å²) in [7, 11) is 0. The molecule has 0 saturated carbocycles. The van der Waals surface area contributed by atoms with Gasteiger partial charge in [-0.25, -0.2) is 0 Å². The van der Waals surface area contributed by atoms with Gasteiger partial charge in [-0.3, -0.25) is 14.5 Å². The predicted octanol–water partition coefficient (Wildman–Crippen LogP) is 4.72. The van der Waals surface area contributed by atoms with Crippen molar-refractivity contribution in [3.63, 3.8) is 0 Å². The molecule has 3 rings (SSSR count). The maximum absolute atomic E-state index is 13.3. The minimum Gasteiger partial charge on any atom is -0.494 e. The van der Waals surface area contributed by atoms with E-state index in [1.54, 1.807) is 0 Å². The summed E-state index contributed by atoms with van der Waals surface area (Å²) < 4.78 is 11.3. The molecule has 0 fully saturated rings. The third-order valence-corrected chi connectivity index (χ3v) is 4.78. The molecule has 2 aromatic rings. The number of carbonyl (C=O) groups is 2. The van der Waals surface area contributed by atoms with E-state index in [1.165, 1.54) is 4.90 Å². The summed E-state index contributed by atoms with van der Waals surface area (Å²) in [6.07, 6.45) is 0.914. The van der Waals surface area contributed by atoms with E-state index >= 15 is 0 Å². The molecule has 6 nitrogen and oxygen atoms in total. The van der Waals surface area contributed by atoms with Crippen LogP contribution < -0.4 is 14.8 Å². The number of hydrogen-bond acceptors (Lipinski definition) is 5. The van der Waals surface area contributed by atoms with Gasteiger partial charge in [0.1, 0.15) is 17.2 Å². The number of benzene rings is 2. The Hall–Kier alpha value is -3.28. The standard InChI is InChI=1S/C25H30N2O4/c1-5-15-31-19-13-11-18(12-14-19)22-23(25(29)27(24(22)28)16-17(3)4)26-20-9-7-8-10-21(20)30-6-2/h7-14,17,26H,5-6,15-16H2,1-4H3. The maximum atomic E-state index is 13.3. The largest absolute Gasteiger partial charge is 0.494 e. The minimum atomic E-state index is -0.327. The number of carbonyl (C=O) groups excluding carboxylic acids is 2. The summed E-state index contributed by atoms with van der Waals surface area (Å²) >= 11 is 0. The molecule has 1 heterocycles. The monoisotopic (exact) mass is 422 g/mol. The first kappa shape index (κ1) is 22.4. The molecule has 1 aliphatic heterocycles. The average Bonchev–Trinajstić information content (AvgIpc) is 2.98. The highest BCUT2D eigenvalue weighted by molar-refractivity contribution is 6.36. The zero-order valence-corrected chi connectivity index (χ0v) is 18.6. The molecule has 0 atom stereocenters. The van der Waals surface area contributed by atoms with Crippen LogP contribution in [-0.2, 0) is 9.59 Å². The van der Waals surface area contributed by atoms with Crippen LogP contribution in [0.2, 0.25) is 0 Å². The van der Waals surface area contributed by atoms with Crippen molar-refractivity contribution in [3.05, 3.63) is 59.8 Å². The van der Waals surface area contributed by atoms with Crippen LogP contribution in [0.5, 0.6) is 11.5 Å². The number of amides is 2. The van der Waals surface area contributed by atoms with Gasteiger partial charge in [-0.2, -0.15) is 0 Å². The van der Waals surface area contributed by atoms with Crippen molar-refractivity contribution in [2.75, 3.05) is 25.1 Å². The van der Waals surface area contributed by atoms with Crippen molar-refractivity contribution in [1.82, 2.24) is 4.90 Å². The number of para-hydroxylation sites is 2. The van der Waals surface area contributed by atoms with Crippen molar-refractivity contribution in [1.29, 1.82) is 0 Å². The molecule has 0 bridgehead atoms. The lowest BCUT2D eigenvalue weighted by molar-refractivity contribution is -0.137. The molecule has 0 saturated heterocycles. The number of hydrogen-bond donors (Lipinski definition) is 1. The summed E-state index contributed by atoms with van der Waals surface area (Å²) in [5, 5.41) is 3.19. The average molecular weight is 423 g/mol. The van der Waals surface area contributed by atoms with Gasteiger partial charge < -0.3 is 14.8 Å². The highest BCUT2D eigenvalue weighted by atomic mass is 16.5. The molecule has 0 spiro atoms. The van der Waals surface area contributed by atoms with Gasteiger partial charge in [-0.1, -0.05) is 45.0 Å². The molecule has 0 aliphatic carbocycles. The Morgan fingerprint density at radius 3 is 2.29 bits per heavy atom. The second-order valence-electron chi connectivity index (χ2n) is 7.79. The van der Waals surface area contributed by atoms with Gasteiger partial charge in [-0.15, -0.1) is 0 Å². The number of nitrogens with zero attached hydrogens (tertiary/aromatic N) is 1. The third-order valence-electron chi connectivity index (χ3n) is 4.78. The Kier molecular flexibility index (Phi) is 7.34. The second kappa shape index (κ2) is 10.2. The van der Waals surface area contributed by atoms with Crippen LogP contribution in [0.4, 0.5) is 5.69 Å². The van der Waals surface area contributed by atoms with Gasteiger partial charge in [-0.05, 0) is 49.1 Å². The lowest BCUT2D eigenvalue weighted by Crippen LogP contribution is -2.35. The summed E-state index contributed by atoms with van der Waals surface area (Å²) in [5.41, 5.74) is 1.94. The Labute approximate surface area is 183 Å². The lowest BCUT2D eigenvalue weighted by atomic mass is 10.0. The van der Waals surface area contributed by atoms with E-state index < -0.39 is 0 Å². The van der Waals surface area contributed by atoms with E-state index in [-0.39, 0.29) is 23.4 Å². The summed E-state index contributed by atoms with van der Waals surface area (Å²) in [5.74, 6) is 0.901. The summed E-state index contributed by atoms with van der Waals surface area (Å²) in [6, 6.07) is 14.7. The molecule has 0 radical (unpaired) electrons. The van der Waals surface area contributed by atoms with E-state index in [1.807, 2.05) is 76.2 Å². The molecule has 2 aromatic carbocycles. The summed E-state index contributed by atoms with van der Waals surface area (Å²) in [6.45, 7) is 9.39. The van der Waals surface area contributed by atoms with Gasteiger partial charge >= 0.3 is 0 Å². The lowest BCUT2D eigenvalue weighted by Gasteiger charge is -2.18. The smallest absolute Gasteiger partial charge is 0.278 e. The fourth-order valence-corrected chi connectivity index (χ4v) is 3.41. The van der Waals surface area contributed by atoms with Crippen LogP contribution in [0.1, 0.15) is 39.7 Å². The first-order chi connectivity index (χ1) is 15.0. The van der Waals surface area contributed by atoms with E-state index in [4.69, 9.17) is 9.47 Å². The van der Waals surface area contributed by atoms with Gasteiger partial charge in [0.2, 0.25) is 0 Å². The molecule has 1 N–H and O–H groups in total. The van der Waals surface area contributed by atoms with Crippen molar-refractivity contribution in [2.24, 2.45) is 5.92 Å². The second-order valence-corrected chi connectivity index (χ2v) is 7.79. The van der Waals surface area contributed by atoms with Crippen LogP contribution in [0.25, 0.3) is 5.57 Å². The van der Waals surface area contributed by atoms with Crippen molar-refractivity contribution in [2.45, 2.75) is 34.1 Å². The normalized spacial score (nSPS) is 13.9. The predicted molar refractivity (Wildman–Crippen MR) is 122 cm³/mol. The van der Waals surface area contributed by atoms with Crippen LogP contribution in [0.3, 0.4) is 0 Å². The first-order valence-electron chi connectivity index (χ1n) is 10.8. The zero-order valence-electron chi connectivity index (χ0n) is 18.6. The van der Waals surface area contributed by atoms with Gasteiger partial charge in [0, 0.05) is 6.54 Å². The Balaban J connectivity index is 2.01. The van der Waals surface area contributed by atoms with E-state index in [0.717, 1.165) is 12.2 Å². The van der Waals surface area contributed by atoms with Crippen LogP contribution in [-0.4, -0.2) is 36.5 Å². The number of nitrogens with one attached hydrogen (secondary N) is 1. The Bertz CT molecular complexity index is 964. The van der Waals surface area contributed by atoms with Gasteiger partial charge in [0.25, 0.3) is 11.8 Å². The maximum Gasteiger partial charge on any atom is 0.278 e. The Morgan fingerprint density at radius 2 is 1.65 bits per heavy atom. The van der Waals surface area contributed by atoms with Crippen molar-refractivity contribution >= 4 is 23.1 Å². The molecule has 0 unspecified atom stereocenters. The molecule has 164 valence electrons. The van der Waals surface area contributed by atoms with E-state index in [9.17, 15) is 9.59 Å². The molecule has 2 amide bonds. The topological polar surface area (TPSA) is 67.9 Å². The zero-order chi connectivity index (χ0) is 22.4. The molecular formula is C25H30N2O4. The Morgan fingerprint density at radius 1 is 0.935 bits per heavy atom. The third kappa shape index (κ3) is 5.08. The fraction of sp³-hybridized carbons (Fsp3) is 0.360. The molecule has 31 heavy (non-hydrogen) atoms. The van der Waals surface area contributed by atoms with E-state index in [0.29, 0.717) is 42.3 Å². The highest BCUT2D eigenvalue weighted by Crippen LogP contribution is 2.34. The fourth-order valence-electron chi connectivity index (χ4n) is 3.41. The van der Waals surface area contributed by atoms with Crippen LogP contribution in [0, 0.1) is 5.92 Å². The minimum absolute atomic E-state index is 0.161. The quantitative estimate of drug-likeness (QED) is 0.561. The van der Waals surface area contributed by atoms with E-state index in [2.05, 4.69) is 5.32 Å².